The minimum absolute atomic E-state index is 0.152. The third-order valence-corrected chi connectivity index (χ3v) is 5.30. The van der Waals surface area contributed by atoms with Crippen LogP contribution in [0, 0.1) is 5.92 Å². The number of anilines is 2. The van der Waals surface area contributed by atoms with Crippen molar-refractivity contribution >= 4 is 21.5 Å². The maximum atomic E-state index is 11.4. The summed E-state index contributed by atoms with van der Waals surface area (Å²) in [5.74, 6) is 7.51. The van der Waals surface area contributed by atoms with Crippen LogP contribution in [0.1, 0.15) is 25.3 Å². The van der Waals surface area contributed by atoms with E-state index < -0.39 is 9.84 Å². The Bertz CT molecular complexity index is 561. The molecule has 1 atom stereocenters. The molecule has 1 fully saturated rings. The van der Waals surface area contributed by atoms with Crippen molar-refractivity contribution in [1.82, 2.24) is 9.97 Å². The minimum Gasteiger partial charge on any atom is -0.369 e. The number of hydrogen-bond acceptors (Lipinski definition) is 7. The smallest absolute Gasteiger partial charge is 0.150 e. The molecule has 0 saturated carbocycles. The number of nitrogens with two attached hydrogens (primary N) is 1. The van der Waals surface area contributed by atoms with Crippen molar-refractivity contribution in [2.24, 2.45) is 11.8 Å². The summed E-state index contributed by atoms with van der Waals surface area (Å²) >= 11 is 0. The Morgan fingerprint density at radius 2 is 2.15 bits per heavy atom. The van der Waals surface area contributed by atoms with Gasteiger partial charge in [0.15, 0.2) is 9.84 Å². The van der Waals surface area contributed by atoms with Crippen molar-refractivity contribution in [3.05, 3.63) is 11.9 Å². The molecule has 0 aromatic carbocycles. The van der Waals surface area contributed by atoms with Crippen LogP contribution >= 0.6 is 0 Å². The molecule has 1 aromatic heterocycles. The van der Waals surface area contributed by atoms with Gasteiger partial charge in [-0.1, -0.05) is 13.3 Å². The summed E-state index contributed by atoms with van der Waals surface area (Å²) in [5, 5.41) is 3.24. The van der Waals surface area contributed by atoms with Gasteiger partial charge in [0.2, 0.25) is 0 Å². The highest BCUT2D eigenvalue weighted by Crippen LogP contribution is 2.23. The van der Waals surface area contributed by atoms with Crippen LogP contribution in [0.25, 0.3) is 0 Å². The van der Waals surface area contributed by atoms with Gasteiger partial charge in [-0.2, -0.15) is 0 Å². The number of aromatic nitrogens is 2. The molecule has 7 nitrogen and oxygen atoms in total. The van der Waals surface area contributed by atoms with E-state index in [1.165, 1.54) is 6.33 Å². The van der Waals surface area contributed by atoms with Gasteiger partial charge in [0, 0.05) is 12.1 Å². The molecule has 0 radical (unpaired) electrons. The van der Waals surface area contributed by atoms with Gasteiger partial charge in [-0.15, -0.1) is 0 Å². The van der Waals surface area contributed by atoms with Crippen molar-refractivity contribution in [1.29, 1.82) is 0 Å². The molecule has 0 bridgehead atoms. The van der Waals surface area contributed by atoms with Gasteiger partial charge in [-0.05, 0) is 18.8 Å². The fraction of sp³-hybridized carbons (Fsp3) is 0.667. The second-order valence-corrected chi connectivity index (χ2v) is 7.32. The molecular formula is C12H21N5O2S. The predicted octanol–water partition coefficient (Wildman–Crippen LogP) is 0.561. The maximum absolute atomic E-state index is 11.4. The Morgan fingerprint density at radius 1 is 1.40 bits per heavy atom. The van der Waals surface area contributed by atoms with E-state index in [1.54, 1.807) is 0 Å². The molecule has 0 spiro atoms. The predicted molar refractivity (Wildman–Crippen MR) is 79.1 cm³/mol. The van der Waals surface area contributed by atoms with Crippen LogP contribution < -0.4 is 16.6 Å². The van der Waals surface area contributed by atoms with Gasteiger partial charge in [-0.25, -0.2) is 24.2 Å². The molecule has 112 valence electrons. The maximum Gasteiger partial charge on any atom is 0.150 e. The van der Waals surface area contributed by atoms with Crippen LogP contribution in [-0.2, 0) is 16.3 Å². The number of nitrogen functional groups attached to an aromatic ring is 1. The van der Waals surface area contributed by atoms with Crippen LogP contribution in [0.3, 0.4) is 0 Å². The summed E-state index contributed by atoms with van der Waals surface area (Å²) in [7, 11) is -2.84. The molecular weight excluding hydrogens is 278 g/mol. The summed E-state index contributed by atoms with van der Waals surface area (Å²) in [5.41, 5.74) is 3.52. The fourth-order valence-corrected chi connectivity index (χ4v) is 4.31. The van der Waals surface area contributed by atoms with E-state index >= 15 is 0 Å². The molecule has 20 heavy (non-hydrogen) atoms. The lowest BCUT2D eigenvalue weighted by atomic mass is 10.1. The van der Waals surface area contributed by atoms with Crippen molar-refractivity contribution < 1.29 is 8.42 Å². The first-order valence-corrected chi connectivity index (χ1v) is 8.62. The first kappa shape index (κ1) is 15.0. The van der Waals surface area contributed by atoms with E-state index in [0.29, 0.717) is 24.5 Å². The topological polar surface area (TPSA) is 110 Å². The van der Waals surface area contributed by atoms with E-state index in [0.717, 1.165) is 24.2 Å². The van der Waals surface area contributed by atoms with E-state index in [4.69, 9.17) is 5.84 Å². The molecule has 1 unspecified atom stereocenters. The molecule has 8 heteroatoms. The van der Waals surface area contributed by atoms with Crippen LogP contribution in [0.15, 0.2) is 6.33 Å². The molecule has 4 N–H and O–H groups in total. The summed E-state index contributed by atoms with van der Waals surface area (Å²) in [4.78, 5) is 8.33. The molecule has 2 rings (SSSR count). The molecule has 1 aromatic rings. The lowest BCUT2D eigenvalue weighted by Crippen LogP contribution is -2.19. The SMILES string of the molecule is CCCc1c(NN)ncnc1NCC1CCS(=O)(=O)C1. The molecule has 0 aliphatic carbocycles. The van der Waals surface area contributed by atoms with Gasteiger partial charge >= 0.3 is 0 Å². The number of nitrogens with one attached hydrogen (secondary N) is 2. The minimum atomic E-state index is -2.84. The van der Waals surface area contributed by atoms with Crippen molar-refractivity contribution in [2.75, 3.05) is 28.8 Å². The van der Waals surface area contributed by atoms with Gasteiger partial charge in [0.1, 0.15) is 18.0 Å². The van der Waals surface area contributed by atoms with E-state index in [-0.39, 0.29) is 11.7 Å². The quantitative estimate of drug-likeness (QED) is 0.520. The average molecular weight is 299 g/mol. The average Bonchev–Trinajstić information content (AvgIpc) is 2.77. The summed E-state index contributed by atoms with van der Waals surface area (Å²) in [6, 6.07) is 0. The number of hydrazine groups is 1. The Morgan fingerprint density at radius 3 is 2.75 bits per heavy atom. The standard InChI is InChI=1S/C12H21N5O2S/c1-2-3-10-11(15-8-16-12(10)17-13)14-6-9-4-5-20(18,19)7-9/h8-9H,2-7,13H2,1H3,(H2,14,15,16,17). The molecule has 2 heterocycles. The summed E-state index contributed by atoms with van der Waals surface area (Å²) < 4.78 is 22.9. The normalized spacial score (nSPS) is 20.8. The Kier molecular flexibility index (Phi) is 4.77. The molecule has 1 saturated heterocycles. The van der Waals surface area contributed by atoms with E-state index in [9.17, 15) is 8.42 Å². The highest BCUT2D eigenvalue weighted by Gasteiger charge is 2.27. The lowest BCUT2D eigenvalue weighted by molar-refractivity contribution is 0.595. The van der Waals surface area contributed by atoms with Crippen molar-refractivity contribution in [2.45, 2.75) is 26.2 Å². The van der Waals surface area contributed by atoms with Crippen LogP contribution in [0.5, 0.6) is 0 Å². The van der Waals surface area contributed by atoms with Gasteiger partial charge in [0.25, 0.3) is 0 Å². The largest absolute Gasteiger partial charge is 0.369 e. The molecule has 1 aliphatic rings. The van der Waals surface area contributed by atoms with Gasteiger partial charge in [0.05, 0.1) is 11.5 Å². The summed E-state index contributed by atoms with van der Waals surface area (Å²) in [6.07, 6.45) is 3.92. The Labute approximate surface area is 119 Å². The zero-order chi connectivity index (χ0) is 14.6. The lowest BCUT2D eigenvalue weighted by Gasteiger charge is -2.15. The second-order valence-electron chi connectivity index (χ2n) is 5.09. The highest BCUT2D eigenvalue weighted by molar-refractivity contribution is 7.91. The summed E-state index contributed by atoms with van der Waals surface area (Å²) in [6.45, 7) is 2.68. The van der Waals surface area contributed by atoms with E-state index in [2.05, 4.69) is 27.6 Å². The zero-order valence-electron chi connectivity index (χ0n) is 11.6. The zero-order valence-corrected chi connectivity index (χ0v) is 12.4. The van der Waals surface area contributed by atoms with Crippen LogP contribution in [0.2, 0.25) is 0 Å². The number of hydrogen-bond donors (Lipinski definition) is 3. The number of nitrogens with zero attached hydrogens (tertiary/aromatic N) is 2. The van der Waals surface area contributed by atoms with Crippen LogP contribution in [-0.4, -0.2) is 36.4 Å². The first-order valence-electron chi connectivity index (χ1n) is 6.80. The monoisotopic (exact) mass is 299 g/mol. The number of sulfone groups is 1. The van der Waals surface area contributed by atoms with Gasteiger partial charge in [-0.3, -0.25) is 0 Å². The van der Waals surface area contributed by atoms with Gasteiger partial charge < -0.3 is 10.7 Å². The van der Waals surface area contributed by atoms with Crippen molar-refractivity contribution in [3.8, 4) is 0 Å². The number of rotatable bonds is 6. The third-order valence-electron chi connectivity index (χ3n) is 3.47. The second kappa shape index (κ2) is 6.36. The van der Waals surface area contributed by atoms with Crippen molar-refractivity contribution in [3.63, 3.8) is 0 Å². The van der Waals surface area contributed by atoms with Crippen LogP contribution in [0.4, 0.5) is 11.6 Å². The molecule has 0 amide bonds. The molecule has 1 aliphatic heterocycles. The Balaban J connectivity index is 2.05. The fourth-order valence-electron chi connectivity index (χ4n) is 2.45. The Hall–Kier alpha value is -1.41. The van der Waals surface area contributed by atoms with E-state index in [1.807, 2.05) is 0 Å². The highest BCUT2D eigenvalue weighted by atomic mass is 32.2. The third kappa shape index (κ3) is 3.57. The first-order chi connectivity index (χ1) is 9.55.